The van der Waals surface area contributed by atoms with Crippen molar-refractivity contribution in [2.45, 2.75) is 125 Å². The molecule has 1 heterocycles. The molecule has 31 heavy (non-hydrogen) atoms. The fourth-order valence-corrected chi connectivity index (χ4v) is 12.7. The van der Waals surface area contributed by atoms with Gasteiger partial charge in [0.05, 0.1) is 12.2 Å². The van der Waals surface area contributed by atoms with Crippen LogP contribution >= 0.6 is 0 Å². The average molecular weight is 427 g/mol. The Morgan fingerprint density at radius 1 is 0.613 bits per heavy atom. The fourth-order valence-electron chi connectivity index (χ4n) is 12.7. The first-order chi connectivity index (χ1) is 14.4. The van der Waals surface area contributed by atoms with E-state index in [1.165, 1.54) is 70.6 Å². The van der Waals surface area contributed by atoms with Gasteiger partial charge in [-0.05, 0) is 115 Å². The van der Waals surface area contributed by atoms with Crippen molar-refractivity contribution in [3.63, 3.8) is 0 Å². The van der Waals surface area contributed by atoms with Crippen molar-refractivity contribution < 1.29 is 4.74 Å². The van der Waals surface area contributed by atoms with Gasteiger partial charge in [0.1, 0.15) is 0 Å². The lowest BCUT2D eigenvalue weighted by molar-refractivity contribution is -0.268. The molecule has 0 aromatic heterocycles. The molecule has 6 rings (SSSR count). The second kappa shape index (κ2) is 6.14. The van der Waals surface area contributed by atoms with Gasteiger partial charge in [0.25, 0.3) is 0 Å². The monoisotopic (exact) mass is 426 g/mol. The van der Waals surface area contributed by atoms with E-state index in [9.17, 15) is 0 Å². The molecule has 0 amide bonds. The molecule has 0 N–H and O–H groups in total. The lowest BCUT2D eigenvalue weighted by Gasteiger charge is -2.74. The Labute approximate surface area is 192 Å². The Morgan fingerprint density at radius 3 is 2.06 bits per heavy atom. The second-order valence-corrected chi connectivity index (χ2v) is 15.2. The summed E-state index contributed by atoms with van der Waals surface area (Å²) in [6.07, 6.45) is 16.0. The second-order valence-electron chi connectivity index (χ2n) is 15.2. The zero-order valence-corrected chi connectivity index (χ0v) is 21.8. The summed E-state index contributed by atoms with van der Waals surface area (Å²) in [4.78, 5) is 0. The van der Waals surface area contributed by atoms with Crippen LogP contribution in [0.2, 0.25) is 0 Å². The molecule has 1 aliphatic heterocycles. The van der Waals surface area contributed by atoms with Crippen molar-refractivity contribution in [2.24, 2.45) is 56.7 Å². The number of ether oxygens (including phenoxy) is 1. The van der Waals surface area contributed by atoms with E-state index in [2.05, 4.69) is 48.5 Å². The molecule has 10 atom stereocenters. The Hall–Kier alpha value is -0.0400. The zero-order valence-electron chi connectivity index (χ0n) is 21.8. The van der Waals surface area contributed by atoms with Gasteiger partial charge in [0.15, 0.2) is 0 Å². The van der Waals surface area contributed by atoms with Gasteiger partial charge >= 0.3 is 0 Å². The smallest absolute Gasteiger partial charge is 0.0770 e. The zero-order chi connectivity index (χ0) is 22.1. The highest BCUT2D eigenvalue weighted by Gasteiger charge is 2.75. The maximum atomic E-state index is 6.88. The van der Waals surface area contributed by atoms with Crippen LogP contribution in [-0.4, -0.2) is 12.2 Å². The first kappa shape index (κ1) is 21.5. The summed E-state index contributed by atoms with van der Waals surface area (Å²) in [5, 5.41) is 0. The number of fused-ring (bicyclic) bond motifs is 6. The summed E-state index contributed by atoms with van der Waals surface area (Å²) in [6, 6.07) is 0. The lowest BCUT2D eigenvalue weighted by Crippen LogP contribution is -2.68. The molecule has 1 spiro atoms. The van der Waals surface area contributed by atoms with Crippen molar-refractivity contribution >= 4 is 0 Å². The highest BCUT2D eigenvalue weighted by molar-refractivity contribution is 5.24. The Balaban J connectivity index is 1.41. The number of hydrogen-bond donors (Lipinski definition) is 0. The first-order valence-corrected chi connectivity index (χ1v) is 14.1. The summed E-state index contributed by atoms with van der Waals surface area (Å²) in [6.45, 7) is 19.7. The molecule has 1 nitrogen and oxygen atoms in total. The minimum atomic E-state index is 0.216. The molecule has 176 valence electrons. The highest BCUT2D eigenvalue weighted by Crippen LogP contribution is 2.79. The summed E-state index contributed by atoms with van der Waals surface area (Å²) < 4.78 is 6.88. The van der Waals surface area contributed by atoms with Crippen LogP contribution in [0, 0.1) is 56.7 Å². The molecular weight excluding hydrogens is 376 g/mol. The van der Waals surface area contributed by atoms with Crippen LogP contribution in [0.4, 0.5) is 0 Å². The van der Waals surface area contributed by atoms with E-state index in [1.807, 2.05) is 0 Å². The predicted molar refractivity (Wildman–Crippen MR) is 129 cm³/mol. The third-order valence-electron chi connectivity index (χ3n) is 14.2. The van der Waals surface area contributed by atoms with Crippen molar-refractivity contribution in [1.29, 1.82) is 0 Å². The largest absolute Gasteiger partial charge is 0.374 e. The van der Waals surface area contributed by atoms with Crippen LogP contribution in [0.25, 0.3) is 0 Å². The standard InChI is InChI=1S/C30H50O/c1-20-19-31-30-18-17-28(6)24(29(30,7)15-11-21(20)30)10-9-23-26(4)14-8-13-25(2,3)22(26)12-16-27(23,28)5/h20-24H,8-19H2,1-7H3/t20-,21+,22?,23+,24+,26-,27+,28+,29+,30-/m0/s1. The molecule has 6 fully saturated rings. The molecule has 5 aliphatic carbocycles. The molecule has 1 heteroatoms. The Kier molecular flexibility index (Phi) is 4.26. The normalized spacial score (nSPS) is 62.2. The molecule has 0 aromatic rings. The summed E-state index contributed by atoms with van der Waals surface area (Å²) in [7, 11) is 0. The molecule has 5 saturated carbocycles. The molecule has 0 bridgehead atoms. The van der Waals surface area contributed by atoms with E-state index in [0.29, 0.717) is 27.1 Å². The van der Waals surface area contributed by atoms with Crippen molar-refractivity contribution in [3.8, 4) is 0 Å². The van der Waals surface area contributed by atoms with E-state index in [-0.39, 0.29) is 5.60 Å². The van der Waals surface area contributed by atoms with Gasteiger partial charge in [0, 0.05) is 5.41 Å². The van der Waals surface area contributed by atoms with Crippen LogP contribution < -0.4 is 0 Å². The summed E-state index contributed by atoms with van der Waals surface area (Å²) >= 11 is 0. The summed E-state index contributed by atoms with van der Waals surface area (Å²) in [5.74, 6) is 4.34. The van der Waals surface area contributed by atoms with E-state index in [0.717, 1.165) is 36.2 Å². The predicted octanol–water partition coefficient (Wildman–Crippen LogP) is 8.27. The van der Waals surface area contributed by atoms with Gasteiger partial charge in [-0.2, -0.15) is 0 Å². The van der Waals surface area contributed by atoms with Crippen LogP contribution in [0.15, 0.2) is 0 Å². The first-order valence-electron chi connectivity index (χ1n) is 14.1. The Morgan fingerprint density at radius 2 is 1.29 bits per heavy atom. The van der Waals surface area contributed by atoms with Crippen molar-refractivity contribution in [1.82, 2.24) is 0 Å². The average Bonchev–Trinajstić information content (AvgIpc) is 3.17. The third kappa shape index (κ3) is 2.25. The van der Waals surface area contributed by atoms with E-state index in [4.69, 9.17) is 4.74 Å². The Bertz CT molecular complexity index is 770. The van der Waals surface area contributed by atoms with Gasteiger partial charge in [-0.25, -0.2) is 0 Å². The maximum absolute atomic E-state index is 6.88. The molecule has 1 unspecified atom stereocenters. The molecule has 6 aliphatic rings. The van der Waals surface area contributed by atoms with Gasteiger partial charge < -0.3 is 4.74 Å². The minimum absolute atomic E-state index is 0.216. The van der Waals surface area contributed by atoms with Crippen molar-refractivity contribution in [3.05, 3.63) is 0 Å². The van der Waals surface area contributed by atoms with Gasteiger partial charge in [0.2, 0.25) is 0 Å². The van der Waals surface area contributed by atoms with Crippen LogP contribution in [0.3, 0.4) is 0 Å². The van der Waals surface area contributed by atoms with E-state index < -0.39 is 0 Å². The number of rotatable bonds is 0. The quantitative estimate of drug-likeness (QED) is 0.379. The van der Waals surface area contributed by atoms with E-state index in [1.54, 1.807) is 0 Å². The molecule has 0 aromatic carbocycles. The minimum Gasteiger partial charge on any atom is -0.374 e. The van der Waals surface area contributed by atoms with E-state index >= 15 is 0 Å². The van der Waals surface area contributed by atoms with Gasteiger partial charge in [-0.15, -0.1) is 0 Å². The SMILES string of the molecule is C[C@H]1CO[C@]23CC[C@]4(C)[C@@H](CC[C@@H]5[C@@]6(C)CCCC(C)(C)C6CC[C@]54C)[C@@]2(C)CC[C@H]13. The topological polar surface area (TPSA) is 9.23 Å². The van der Waals surface area contributed by atoms with Crippen molar-refractivity contribution in [2.75, 3.05) is 6.61 Å². The molecular formula is C30H50O. The van der Waals surface area contributed by atoms with Gasteiger partial charge in [-0.3, -0.25) is 0 Å². The van der Waals surface area contributed by atoms with Crippen LogP contribution in [-0.2, 0) is 4.74 Å². The lowest BCUT2D eigenvalue weighted by atomic mass is 9.31. The number of hydrogen-bond acceptors (Lipinski definition) is 1. The third-order valence-corrected chi connectivity index (χ3v) is 14.2. The molecule has 0 radical (unpaired) electrons. The highest BCUT2D eigenvalue weighted by atomic mass is 16.5. The molecule has 1 saturated heterocycles. The fraction of sp³-hybridized carbons (Fsp3) is 1.00. The van der Waals surface area contributed by atoms with Crippen LogP contribution in [0.1, 0.15) is 119 Å². The maximum Gasteiger partial charge on any atom is 0.0770 e. The van der Waals surface area contributed by atoms with Gasteiger partial charge in [-0.1, -0.05) is 54.9 Å². The van der Waals surface area contributed by atoms with Crippen LogP contribution in [0.5, 0.6) is 0 Å². The summed E-state index contributed by atoms with van der Waals surface area (Å²) in [5.41, 5.74) is 2.74.